The first kappa shape index (κ1) is 16.9. The number of anilines is 1. The zero-order valence-electron chi connectivity index (χ0n) is 13.8. The maximum absolute atomic E-state index is 12.1. The zero-order valence-corrected chi connectivity index (χ0v) is 13.8. The lowest BCUT2D eigenvalue weighted by Crippen LogP contribution is -2.38. The third-order valence-electron chi connectivity index (χ3n) is 3.13. The predicted octanol–water partition coefficient (Wildman–Crippen LogP) is 3.13. The second-order valence-electron chi connectivity index (χ2n) is 5.96. The summed E-state index contributed by atoms with van der Waals surface area (Å²) < 4.78 is 7.66. The van der Waals surface area contributed by atoms with Crippen LogP contribution in [-0.4, -0.2) is 28.2 Å². The highest BCUT2D eigenvalue weighted by atomic mass is 16.5. The number of carbonyl (C=O) groups excluding carboxylic acids is 1. The normalized spacial score (nSPS) is 12.0. The van der Waals surface area contributed by atoms with E-state index in [9.17, 15) is 4.79 Å². The fourth-order valence-corrected chi connectivity index (χ4v) is 2.09. The van der Waals surface area contributed by atoms with Gasteiger partial charge in [-0.05, 0) is 25.0 Å². The van der Waals surface area contributed by atoms with E-state index in [4.69, 9.17) is 4.74 Å². The number of carbonyl (C=O) groups is 1. The van der Waals surface area contributed by atoms with Crippen molar-refractivity contribution in [3.05, 3.63) is 43.0 Å². The van der Waals surface area contributed by atoms with E-state index < -0.39 is 0 Å². The standard InChI is InChI=1S/C17H24N4O2/c1-13(2)11-23-16-7-5-4-6-15(16)20-17(22)19-14(3)10-21-9-8-18-12-21/h4-9,12-14H,10-11H2,1-3H3,(H2,19,20,22). The number of benzene rings is 1. The molecule has 0 saturated carbocycles. The molecule has 0 spiro atoms. The van der Waals surface area contributed by atoms with E-state index in [2.05, 4.69) is 29.5 Å². The van der Waals surface area contributed by atoms with Crippen molar-refractivity contribution in [2.45, 2.75) is 33.4 Å². The number of hydrogen-bond donors (Lipinski definition) is 2. The molecule has 1 unspecified atom stereocenters. The summed E-state index contributed by atoms with van der Waals surface area (Å²) in [5, 5.41) is 5.75. The molecule has 2 aromatic rings. The summed E-state index contributed by atoms with van der Waals surface area (Å²) in [6.45, 7) is 7.39. The molecule has 0 radical (unpaired) electrons. The van der Waals surface area contributed by atoms with Crippen LogP contribution in [0.2, 0.25) is 0 Å². The molecule has 1 aromatic heterocycles. The van der Waals surface area contributed by atoms with Crippen LogP contribution < -0.4 is 15.4 Å². The Morgan fingerprint density at radius 2 is 2.09 bits per heavy atom. The highest BCUT2D eigenvalue weighted by molar-refractivity contribution is 5.91. The van der Waals surface area contributed by atoms with E-state index in [0.29, 0.717) is 30.5 Å². The Hall–Kier alpha value is -2.50. The summed E-state index contributed by atoms with van der Waals surface area (Å²) in [6, 6.07) is 7.17. The van der Waals surface area contributed by atoms with Crippen LogP contribution >= 0.6 is 0 Å². The maximum Gasteiger partial charge on any atom is 0.319 e. The second kappa shape index (κ2) is 8.22. The highest BCUT2D eigenvalue weighted by Gasteiger charge is 2.11. The number of nitrogens with one attached hydrogen (secondary N) is 2. The smallest absolute Gasteiger partial charge is 0.319 e. The van der Waals surface area contributed by atoms with Crippen LogP contribution in [0.4, 0.5) is 10.5 Å². The van der Waals surface area contributed by atoms with Gasteiger partial charge in [-0.2, -0.15) is 0 Å². The van der Waals surface area contributed by atoms with Crippen LogP contribution in [0.3, 0.4) is 0 Å². The number of urea groups is 1. The van der Waals surface area contributed by atoms with Crippen molar-refractivity contribution in [3.63, 3.8) is 0 Å². The van der Waals surface area contributed by atoms with E-state index >= 15 is 0 Å². The van der Waals surface area contributed by atoms with Gasteiger partial charge in [0.15, 0.2) is 0 Å². The van der Waals surface area contributed by atoms with Gasteiger partial charge in [-0.25, -0.2) is 9.78 Å². The zero-order chi connectivity index (χ0) is 16.7. The molecule has 0 aliphatic rings. The van der Waals surface area contributed by atoms with Crippen LogP contribution in [0.25, 0.3) is 0 Å². The summed E-state index contributed by atoms with van der Waals surface area (Å²) in [6.07, 6.45) is 5.31. The Bertz CT molecular complexity index is 611. The summed E-state index contributed by atoms with van der Waals surface area (Å²) >= 11 is 0. The number of rotatable bonds is 7. The van der Waals surface area contributed by atoms with Crippen LogP contribution in [0, 0.1) is 5.92 Å². The van der Waals surface area contributed by atoms with Gasteiger partial charge in [0.05, 0.1) is 18.6 Å². The monoisotopic (exact) mass is 316 g/mol. The molecule has 0 aliphatic heterocycles. The lowest BCUT2D eigenvalue weighted by atomic mass is 10.2. The van der Waals surface area contributed by atoms with E-state index in [1.54, 1.807) is 12.5 Å². The van der Waals surface area contributed by atoms with Crippen molar-refractivity contribution in [1.82, 2.24) is 14.9 Å². The summed E-state index contributed by atoms with van der Waals surface area (Å²) in [4.78, 5) is 16.1. The van der Waals surface area contributed by atoms with Gasteiger partial charge in [0.2, 0.25) is 0 Å². The van der Waals surface area contributed by atoms with Gasteiger partial charge in [0.25, 0.3) is 0 Å². The molecule has 1 atom stereocenters. The van der Waals surface area contributed by atoms with E-state index in [-0.39, 0.29) is 12.1 Å². The van der Waals surface area contributed by atoms with Crippen molar-refractivity contribution in [1.29, 1.82) is 0 Å². The average Bonchev–Trinajstić information content (AvgIpc) is 2.98. The molecule has 6 nitrogen and oxygen atoms in total. The Labute approximate surface area is 136 Å². The molecule has 0 bridgehead atoms. The third kappa shape index (κ3) is 5.65. The van der Waals surface area contributed by atoms with Gasteiger partial charge in [0.1, 0.15) is 5.75 Å². The summed E-state index contributed by atoms with van der Waals surface area (Å²) in [5.74, 6) is 1.10. The molecule has 0 aliphatic carbocycles. The Morgan fingerprint density at radius 3 is 2.78 bits per heavy atom. The van der Waals surface area contributed by atoms with Crippen molar-refractivity contribution < 1.29 is 9.53 Å². The van der Waals surface area contributed by atoms with Gasteiger partial charge in [-0.3, -0.25) is 0 Å². The van der Waals surface area contributed by atoms with Crippen LogP contribution in [0.15, 0.2) is 43.0 Å². The molecule has 0 saturated heterocycles. The largest absolute Gasteiger partial charge is 0.491 e. The Balaban J connectivity index is 1.89. The minimum absolute atomic E-state index is 0.0204. The SMILES string of the molecule is CC(C)COc1ccccc1NC(=O)NC(C)Cn1ccnc1. The molecular weight excluding hydrogens is 292 g/mol. The number of amides is 2. The summed E-state index contributed by atoms with van der Waals surface area (Å²) in [7, 11) is 0. The number of ether oxygens (including phenoxy) is 1. The Kier molecular flexibility index (Phi) is 6.02. The van der Waals surface area contributed by atoms with Gasteiger partial charge in [0, 0.05) is 25.0 Å². The van der Waals surface area contributed by atoms with Crippen LogP contribution in [0.5, 0.6) is 5.75 Å². The maximum atomic E-state index is 12.1. The van der Waals surface area contributed by atoms with E-state index in [1.165, 1.54) is 0 Å². The topological polar surface area (TPSA) is 68.2 Å². The van der Waals surface area contributed by atoms with Crippen LogP contribution in [0.1, 0.15) is 20.8 Å². The second-order valence-corrected chi connectivity index (χ2v) is 5.96. The number of para-hydroxylation sites is 2. The number of nitrogens with zero attached hydrogens (tertiary/aromatic N) is 2. The average molecular weight is 316 g/mol. The number of hydrogen-bond acceptors (Lipinski definition) is 3. The molecule has 124 valence electrons. The molecule has 23 heavy (non-hydrogen) atoms. The molecule has 1 heterocycles. The first-order valence-electron chi connectivity index (χ1n) is 7.79. The Morgan fingerprint density at radius 1 is 1.30 bits per heavy atom. The van der Waals surface area contributed by atoms with Crippen molar-refractivity contribution in [2.75, 3.05) is 11.9 Å². The molecule has 6 heteroatoms. The molecule has 1 aromatic carbocycles. The fraction of sp³-hybridized carbons (Fsp3) is 0.412. The van der Waals surface area contributed by atoms with E-state index in [1.807, 2.05) is 42.0 Å². The molecular formula is C17H24N4O2. The van der Waals surface area contributed by atoms with Crippen molar-refractivity contribution >= 4 is 11.7 Å². The molecule has 2 rings (SSSR count). The third-order valence-corrected chi connectivity index (χ3v) is 3.13. The van der Waals surface area contributed by atoms with E-state index in [0.717, 1.165) is 0 Å². The lowest BCUT2D eigenvalue weighted by Gasteiger charge is -2.17. The predicted molar refractivity (Wildman–Crippen MR) is 90.6 cm³/mol. The summed E-state index contributed by atoms with van der Waals surface area (Å²) in [5.41, 5.74) is 0.667. The molecule has 0 fully saturated rings. The lowest BCUT2D eigenvalue weighted by molar-refractivity contribution is 0.247. The van der Waals surface area contributed by atoms with Crippen molar-refractivity contribution in [2.24, 2.45) is 5.92 Å². The quantitative estimate of drug-likeness (QED) is 0.824. The van der Waals surface area contributed by atoms with Gasteiger partial charge < -0.3 is 19.9 Å². The van der Waals surface area contributed by atoms with Gasteiger partial charge in [-0.15, -0.1) is 0 Å². The highest BCUT2D eigenvalue weighted by Crippen LogP contribution is 2.24. The molecule has 2 amide bonds. The first-order valence-corrected chi connectivity index (χ1v) is 7.79. The minimum atomic E-state index is -0.252. The minimum Gasteiger partial charge on any atom is -0.491 e. The molecule has 2 N–H and O–H groups in total. The van der Waals surface area contributed by atoms with Crippen molar-refractivity contribution in [3.8, 4) is 5.75 Å². The fourth-order valence-electron chi connectivity index (χ4n) is 2.09. The number of imidazole rings is 1. The van der Waals surface area contributed by atoms with Gasteiger partial charge >= 0.3 is 6.03 Å². The number of aromatic nitrogens is 2. The van der Waals surface area contributed by atoms with Crippen LogP contribution in [-0.2, 0) is 6.54 Å². The first-order chi connectivity index (χ1) is 11.0. The van der Waals surface area contributed by atoms with Gasteiger partial charge in [-0.1, -0.05) is 26.0 Å².